The maximum Gasteiger partial charge on any atom is 0.141 e. The van der Waals surface area contributed by atoms with E-state index >= 15 is 0 Å². The first-order chi connectivity index (χ1) is 6.53. The van der Waals surface area contributed by atoms with Crippen molar-refractivity contribution in [3.05, 3.63) is 24.1 Å². The van der Waals surface area contributed by atoms with Crippen LogP contribution in [0.5, 0.6) is 0 Å². The number of hydrogen-bond donors (Lipinski definition) is 3. The van der Waals surface area contributed by atoms with Gasteiger partial charge in [-0.2, -0.15) is 0 Å². The number of aromatic nitrogens is 1. The molecule has 1 aromatic rings. The second-order valence-corrected chi connectivity index (χ2v) is 3.37. The number of anilines is 1. The number of hydrogen-bond acceptors (Lipinski definition) is 4. The normalized spacial score (nSPS) is 14.9. The summed E-state index contributed by atoms with van der Waals surface area (Å²) in [5.41, 5.74) is -1.20. The lowest BCUT2D eigenvalue weighted by Crippen LogP contribution is -2.37. The van der Waals surface area contributed by atoms with Crippen LogP contribution in [0.15, 0.2) is 18.3 Å². The molecule has 0 aliphatic carbocycles. The first kappa shape index (κ1) is 10.9. The summed E-state index contributed by atoms with van der Waals surface area (Å²) < 4.78 is 12.4. The van der Waals surface area contributed by atoms with Crippen molar-refractivity contribution in [1.29, 1.82) is 0 Å². The lowest BCUT2D eigenvalue weighted by Gasteiger charge is -2.20. The maximum absolute atomic E-state index is 12.4. The Labute approximate surface area is 81.4 Å². The van der Waals surface area contributed by atoms with Gasteiger partial charge in [0.1, 0.15) is 17.2 Å². The van der Waals surface area contributed by atoms with Crippen molar-refractivity contribution < 1.29 is 14.6 Å². The molecule has 1 rings (SSSR count). The van der Waals surface area contributed by atoms with Gasteiger partial charge in [-0.3, -0.25) is 0 Å². The molecule has 1 aromatic heterocycles. The molecule has 1 unspecified atom stereocenters. The van der Waals surface area contributed by atoms with Gasteiger partial charge in [-0.1, -0.05) is 0 Å². The van der Waals surface area contributed by atoms with E-state index in [4.69, 9.17) is 5.11 Å². The molecular formula is C9H13FN2O2. The van der Waals surface area contributed by atoms with Gasteiger partial charge in [0.2, 0.25) is 0 Å². The summed E-state index contributed by atoms with van der Waals surface area (Å²) in [5.74, 6) is 0.0459. The van der Waals surface area contributed by atoms with E-state index in [9.17, 15) is 9.50 Å². The topological polar surface area (TPSA) is 65.4 Å². The third-order valence-electron chi connectivity index (χ3n) is 1.72. The number of nitrogens with one attached hydrogen (secondary N) is 1. The summed E-state index contributed by atoms with van der Waals surface area (Å²) >= 11 is 0. The molecule has 0 aliphatic rings. The van der Waals surface area contributed by atoms with E-state index in [1.807, 2.05) is 0 Å². The minimum atomic E-state index is -1.20. The monoisotopic (exact) mass is 200 g/mol. The van der Waals surface area contributed by atoms with Crippen LogP contribution in [0.4, 0.5) is 10.2 Å². The van der Waals surface area contributed by atoms with E-state index in [1.54, 1.807) is 0 Å². The summed E-state index contributed by atoms with van der Waals surface area (Å²) in [4.78, 5) is 3.74. The van der Waals surface area contributed by atoms with E-state index in [0.29, 0.717) is 5.82 Å². The van der Waals surface area contributed by atoms with Gasteiger partial charge in [0.25, 0.3) is 0 Å². The van der Waals surface area contributed by atoms with Crippen LogP contribution >= 0.6 is 0 Å². The molecule has 3 N–H and O–H groups in total. The molecule has 14 heavy (non-hydrogen) atoms. The zero-order valence-corrected chi connectivity index (χ0v) is 7.87. The van der Waals surface area contributed by atoms with Crippen LogP contribution in [0.1, 0.15) is 6.92 Å². The first-order valence-corrected chi connectivity index (χ1v) is 4.22. The largest absolute Gasteiger partial charge is 0.393 e. The van der Waals surface area contributed by atoms with Crippen LogP contribution in [0.25, 0.3) is 0 Å². The molecule has 78 valence electrons. The quantitative estimate of drug-likeness (QED) is 0.657. The lowest BCUT2D eigenvalue weighted by atomic mass is 10.1. The number of pyridine rings is 1. The highest BCUT2D eigenvalue weighted by Gasteiger charge is 2.18. The Morgan fingerprint density at radius 1 is 1.57 bits per heavy atom. The predicted molar refractivity (Wildman–Crippen MR) is 50.4 cm³/mol. The van der Waals surface area contributed by atoms with E-state index < -0.39 is 11.4 Å². The molecule has 5 heteroatoms. The molecule has 0 aliphatic heterocycles. The Morgan fingerprint density at radius 2 is 2.29 bits per heavy atom. The van der Waals surface area contributed by atoms with Crippen molar-refractivity contribution in [3.8, 4) is 0 Å². The summed E-state index contributed by atoms with van der Waals surface area (Å²) in [7, 11) is 0. The van der Waals surface area contributed by atoms with Crippen molar-refractivity contribution in [2.75, 3.05) is 18.5 Å². The molecular weight excluding hydrogens is 187 g/mol. The van der Waals surface area contributed by atoms with Crippen LogP contribution in [0, 0.1) is 5.82 Å². The van der Waals surface area contributed by atoms with Crippen molar-refractivity contribution in [1.82, 2.24) is 4.98 Å². The zero-order chi connectivity index (χ0) is 10.6. The molecule has 0 saturated heterocycles. The summed E-state index contributed by atoms with van der Waals surface area (Å²) in [6, 6.07) is 2.73. The zero-order valence-electron chi connectivity index (χ0n) is 7.87. The molecule has 0 bridgehead atoms. The van der Waals surface area contributed by atoms with Gasteiger partial charge in [-0.15, -0.1) is 0 Å². The highest BCUT2D eigenvalue weighted by atomic mass is 19.1. The standard InChI is InChI=1S/C9H13FN2O2/c1-9(14,6-13)5-12-8-3-2-7(10)4-11-8/h2-4,13-14H,5-6H2,1H3,(H,11,12). The van der Waals surface area contributed by atoms with Crippen molar-refractivity contribution in [3.63, 3.8) is 0 Å². The van der Waals surface area contributed by atoms with E-state index in [2.05, 4.69) is 10.3 Å². The van der Waals surface area contributed by atoms with Crippen LogP contribution in [-0.2, 0) is 0 Å². The molecule has 1 heterocycles. The van der Waals surface area contributed by atoms with Gasteiger partial charge in [0.05, 0.1) is 12.8 Å². The number of halogens is 1. The molecule has 0 amide bonds. The number of rotatable bonds is 4. The van der Waals surface area contributed by atoms with Gasteiger partial charge in [0, 0.05) is 6.54 Å². The number of aliphatic hydroxyl groups excluding tert-OH is 1. The van der Waals surface area contributed by atoms with Crippen LogP contribution in [-0.4, -0.2) is 33.9 Å². The Hall–Kier alpha value is -1.20. The van der Waals surface area contributed by atoms with Crippen molar-refractivity contribution in [2.45, 2.75) is 12.5 Å². The second-order valence-electron chi connectivity index (χ2n) is 3.37. The summed E-state index contributed by atoms with van der Waals surface area (Å²) in [6.45, 7) is 1.30. The number of nitrogens with zero attached hydrogens (tertiary/aromatic N) is 1. The van der Waals surface area contributed by atoms with Gasteiger partial charge in [-0.05, 0) is 19.1 Å². The minimum absolute atomic E-state index is 0.155. The summed E-state index contributed by atoms with van der Waals surface area (Å²) in [6.07, 6.45) is 1.08. The molecule has 0 aromatic carbocycles. The molecule has 0 spiro atoms. The SMILES string of the molecule is CC(O)(CO)CNc1ccc(F)cn1. The fourth-order valence-corrected chi connectivity index (χ4v) is 0.817. The molecule has 1 atom stereocenters. The van der Waals surface area contributed by atoms with Crippen molar-refractivity contribution >= 4 is 5.82 Å². The Bertz CT molecular complexity index is 287. The Balaban J connectivity index is 2.50. The summed E-state index contributed by atoms with van der Waals surface area (Å²) in [5, 5.41) is 20.9. The minimum Gasteiger partial charge on any atom is -0.393 e. The fourth-order valence-electron chi connectivity index (χ4n) is 0.817. The maximum atomic E-state index is 12.4. The fraction of sp³-hybridized carbons (Fsp3) is 0.444. The van der Waals surface area contributed by atoms with Gasteiger partial charge < -0.3 is 15.5 Å². The van der Waals surface area contributed by atoms with Crippen LogP contribution in [0.3, 0.4) is 0 Å². The first-order valence-electron chi connectivity index (χ1n) is 4.22. The third-order valence-corrected chi connectivity index (χ3v) is 1.72. The third kappa shape index (κ3) is 3.27. The average Bonchev–Trinajstić information content (AvgIpc) is 2.17. The van der Waals surface area contributed by atoms with E-state index in [1.165, 1.54) is 19.1 Å². The highest BCUT2D eigenvalue weighted by molar-refractivity contribution is 5.33. The number of aliphatic hydroxyl groups is 2. The molecule has 0 fully saturated rings. The van der Waals surface area contributed by atoms with E-state index in [-0.39, 0.29) is 13.2 Å². The molecule has 0 saturated carbocycles. The molecule has 0 radical (unpaired) electrons. The van der Waals surface area contributed by atoms with Crippen LogP contribution in [0.2, 0.25) is 0 Å². The van der Waals surface area contributed by atoms with Crippen molar-refractivity contribution in [2.24, 2.45) is 0 Å². The van der Waals surface area contributed by atoms with Gasteiger partial charge in [-0.25, -0.2) is 9.37 Å². The molecule has 4 nitrogen and oxygen atoms in total. The van der Waals surface area contributed by atoms with Crippen LogP contribution < -0.4 is 5.32 Å². The van der Waals surface area contributed by atoms with Gasteiger partial charge >= 0.3 is 0 Å². The van der Waals surface area contributed by atoms with Gasteiger partial charge in [0.15, 0.2) is 0 Å². The predicted octanol–water partition coefficient (Wildman–Crippen LogP) is 0.376. The Kier molecular flexibility index (Phi) is 3.38. The van der Waals surface area contributed by atoms with E-state index in [0.717, 1.165) is 6.20 Å². The lowest BCUT2D eigenvalue weighted by molar-refractivity contribution is 0.0132. The highest BCUT2D eigenvalue weighted by Crippen LogP contribution is 2.06. The average molecular weight is 200 g/mol. The second kappa shape index (κ2) is 4.34. The smallest absolute Gasteiger partial charge is 0.141 e. The Morgan fingerprint density at radius 3 is 2.79 bits per heavy atom.